The lowest BCUT2D eigenvalue weighted by molar-refractivity contribution is -0.122. The Bertz CT molecular complexity index is 1230. The number of para-hydroxylation sites is 1. The Kier molecular flexibility index (Phi) is 4.68. The fourth-order valence-electron chi connectivity index (χ4n) is 4.07. The van der Waals surface area contributed by atoms with Crippen molar-refractivity contribution in [2.45, 2.75) is 51.1 Å². The fraction of sp³-hybridized carbons (Fsp3) is 0.375. The quantitative estimate of drug-likeness (QED) is 0.662. The molecule has 1 amide bonds. The molecular weight excluding hydrogens is 394 g/mol. The Balaban J connectivity index is 1.33. The van der Waals surface area contributed by atoms with Gasteiger partial charge in [-0.2, -0.15) is 0 Å². The highest BCUT2D eigenvalue weighted by Crippen LogP contribution is 2.36. The zero-order valence-corrected chi connectivity index (χ0v) is 17.7. The molecule has 7 nitrogen and oxygen atoms in total. The minimum atomic E-state index is -0.578. The lowest BCUT2D eigenvalue weighted by atomic mass is 9.93. The highest BCUT2D eigenvalue weighted by molar-refractivity contribution is 5.78. The Morgan fingerprint density at radius 1 is 1.16 bits per heavy atom. The van der Waals surface area contributed by atoms with Crippen LogP contribution in [0, 0.1) is 0 Å². The van der Waals surface area contributed by atoms with Crippen LogP contribution in [0.3, 0.4) is 0 Å². The topological polar surface area (TPSA) is 82.5 Å². The minimum Gasteiger partial charge on any atom is -0.454 e. The molecule has 0 saturated heterocycles. The highest BCUT2D eigenvalue weighted by atomic mass is 16.7. The van der Waals surface area contributed by atoms with Gasteiger partial charge < -0.3 is 14.8 Å². The van der Waals surface area contributed by atoms with Crippen LogP contribution in [0.4, 0.5) is 0 Å². The van der Waals surface area contributed by atoms with E-state index in [2.05, 4.69) is 5.32 Å². The molecule has 7 heteroatoms. The van der Waals surface area contributed by atoms with E-state index in [1.807, 2.05) is 56.3 Å². The summed E-state index contributed by atoms with van der Waals surface area (Å²) in [6.07, 6.45) is 2.64. The van der Waals surface area contributed by atoms with Crippen LogP contribution in [0.2, 0.25) is 0 Å². The number of rotatable bonds is 6. The van der Waals surface area contributed by atoms with Crippen LogP contribution in [-0.2, 0) is 16.8 Å². The number of nitrogens with one attached hydrogen (secondary N) is 1. The second-order valence-corrected chi connectivity index (χ2v) is 8.69. The summed E-state index contributed by atoms with van der Waals surface area (Å²) in [5, 5.41) is 3.73. The Labute approximate surface area is 180 Å². The zero-order valence-electron chi connectivity index (χ0n) is 17.7. The van der Waals surface area contributed by atoms with Crippen molar-refractivity contribution in [3.05, 3.63) is 64.2 Å². The number of carbonyl (C=O) groups excluding carboxylic acids is 1. The van der Waals surface area contributed by atoms with E-state index in [9.17, 15) is 9.59 Å². The molecule has 0 bridgehead atoms. The van der Waals surface area contributed by atoms with Crippen molar-refractivity contribution >= 4 is 16.8 Å². The fourth-order valence-corrected chi connectivity index (χ4v) is 4.07. The first kappa shape index (κ1) is 19.6. The number of ether oxygens (including phenoxy) is 2. The maximum absolute atomic E-state index is 13.0. The third kappa shape index (κ3) is 3.76. The summed E-state index contributed by atoms with van der Waals surface area (Å²) in [6, 6.07) is 13.3. The van der Waals surface area contributed by atoms with Crippen molar-refractivity contribution in [3.8, 4) is 11.5 Å². The zero-order chi connectivity index (χ0) is 21.6. The molecule has 1 fully saturated rings. The van der Waals surface area contributed by atoms with Gasteiger partial charge in [-0.05, 0) is 56.5 Å². The molecule has 0 spiro atoms. The smallest absolute Gasteiger partial charge is 0.261 e. The summed E-state index contributed by atoms with van der Waals surface area (Å²) in [7, 11) is 0. The van der Waals surface area contributed by atoms with Crippen LogP contribution < -0.4 is 20.3 Å². The monoisotopic (exact) mass is 419 g/mol. The van der Waals surface area contributed by atoms with E-state index in [0.29, 0.717) is 34.6 Å². The van der Waals surface area contributed by atoms with Gasteiger partial charge in [-0.1, -0.05) is 18.2 Å². The summed E-state index contributed by atoms with van der Waals surface area (Å²) < 4.78 is 12.6. The summed E-state index contributed by atoms with van der Waals surface area (Å²) in [5.41, 5.74) is 1.03. The minimum absolute atomic E-state index is 0.0100. The number of hydrogen-bond donors (Lipinski definition) is 1. The van der Waals surface area contributed by atoms with E-state index in [1.165, 1.54) is 0 Å². The third-order valence-electron chi connectivity index (χ3n) is 5.91. The average molecular weight is 419 g/mol. The van der Waals surface area contributed by atoms with Crippen molar-refractivity contribution in [2.24, 2.45) is 0 Å². The number of carbonyl (C=O) groups is 1. The molecule has 0 radical (unpaired) electrons. The van der Waals surface area contributed by atoms with Crippen LogP contribution in [0.1, 0.15) is 50.5 Å². The molecule has 2 heterocycles. The lowest BCUT2D eigenvalue weighted by Gasteiger charge is -2.27. The first-order chi connectivity index (χ1) is 14.9. The van der Waals surface area contributed by atoms with E-state index in [1.54, 1.807) is 4.57 Å². The Morgan fingerprint density at radius 3 is 2.74 bits per heavy atom. The lowest BCUT2D eigenvalue weighted by Crippen LogP contribution is -2.41. The van der Waals surface area contributed by atoms with E-state index in [4.69, 9.17) is 14.5 Å². The number of benzene rings is 2. The number of amides is 1. The molecule has 2 aliphatic rings. The average Bonchev–Trinajstić information content (AvgIpc) is 3.47. The molecule has 0 atom stereocenters. The van der Waals surface area contributed by atoms with Crippen molar-refractivity contribution < 1.29 is 14.3 Å². The summed E-state index contributed by atoms with van der Waals surface area (Å²) in [5.74, 6) is 1.99. The molecule has 160 valence electrons. The standard InChI is InChI=1S/C24H25N3O4/c1-24(2,15-7-10-19-20(13-15)31-14-30-19)26-22(28)12-11-21-25-18-6-4-3-5-17(18)23(29)27(21)16-8-9-16/h3-7,10,13,16H,8-9,11-12,14H2,1-2H3,(H,26,28). The second-order valence-electron chi connectivity index (χ2n) is 8.69. The van der Waals surface area contributed by atoms with Crippen LogP contribution in [-0.4, -0.2) is 22.3 Å². The van der Waals surface area contributed by atoms with Gasteiger partial charge in [0.1, 0.15) is 5.82 Å². The van der Waals surface area contributed by atoms with Crippen molar-refractivity contribution in [2.75, 3.05) is 6.79 Å². The molecule has 1 aliphatic heterocycles. The number of fused-ring (bicyclic) bond motifs is 2. The van der Waals surface area contributed by atoms with Crippen LogP contribution in [0.25, 0.3) is 10.9 Å². The highest BCUT2D eigenvalue weighted by Gasteiger charge is 2.29. The van der Waals surface area contributed by atoms with E-state index < -0.39 is 5.54 Å². The van der Waals surface area contributed by atoms with E-state index in [-0.39, 0.29) is 30.7 Å². The second kappa shape index (κ2) is 7.41. The molecule has 2 aromatic carbocycles. The molecule has 5 rings (SSSR count). The first-order valence-electron chi connectivity index (χ1n) is 10.6. The number of aromatic nitrogens is 2. The van der Waals surface area contributed by atoms with Crippen molar-refractivity contribution in [1.82, 2.24) is 14.9 Å². The number of hydrogen-bond acceptors (Lipinski definition) is 5. The van der Waals surface area contributed by atoms with Gasteiger partial charge in [0.15, 0.2) is 11.5 Å². The maximum Gasteiger partial charge on any atom is 0.261 e. The van der Waals surface area contributed by atoms with E-state index in [0.717, 1.165) is 18.4 Å². The summed E-state index contributed by atoms with van der Waals surface area (Å²) >= 11 is 0. The van der Waals surface area contributed by atoms with Gasteiger partial charge >= 0.3 is 0 Å². The number of aryl methyl sites for hydroxylation is 1. The molecule has 1 aliphatic carbocycles. The van der Waals surface area contributed by atoms with Crippen molar-refractivity contribution in [1.29, 1.82) is 0 Å². The molecule has 1 N–H and O–H groups in total. The molecule has 3 aromatic rings. The molecular formula is C24H25N3O4. The Morgan fingerprint density at radius 2 is 1.94 bits per heavy atom. The van der Waals surface area contributed by atoms with Gasteiger partial charge in [0, 0.05) is 18.9 Å². The van der Waals surface area contributed by atoms with Gasteiger partial charge in [-0.25, -0.2) is 4.98 Å². The summed E-state index contributed by atoms with van der Waals surface area (Å²) in [6.45, 7) is 4.13. The van der Waals surface area contributed by atoms with Gasteiger partial charge in [-0.15, -0.1) is 0 Å². The predicted octanol–water partition coefficient (Wildman–Crippen LogP) is 3.44. The maximum atomic E-state index is 13.0. The van der Waals surface area contributed by atoms with Crippen LogP contribution in [0.15, 0.2) is 47.3 Å². The van der Waals surface area contributed by atoms with Gasteiger partial charge in [-0.3, -0.25) is 14.2 Å². The third-order valence-corrected chi connectivity index (χ3v) is 5.91. The normalized spacial score (nSPS) is 15.3. The van der Waals surface area contributed by atoms with Crippen molar-refractivity contribution in [3.63, 3.8) is 0 Å². The van der Waals surface area contributed by atoms with Crippen LogP contribution in [0.5, 0.6) is 11.5 Å². The summed E-state index contributed by atoms with van der Waals surface area (Å²) in [4.78, 5) is 30.5. The first-order valence-corrected chi connectivity index (χ1v) is 10.6. The SMILES string of the molecule is CC(C)(NC(=O)CCc1nc2ccccc2c(=O)n1C1CC1)c1ccc2c(c1)OCO2. The van der Waals surface area contributed by atoms with E-state index >= 15 is 0 Å². The molecule has 1 aromatic heterocycles. The molecule has 0 unspecified atom stereocenters. The Hall–Kier alpha value is -3.35. The predicted molar refractivity (Wildman–Crippen MR) is 116 cm³/mol. The number of nitrogens with zero attached hydrogens (tertiary/aromatic N) is 2. The molecule has 1 saturated carbocycles. The largest absolute Gasteiger partial charge is 0.454 e. The molecule has 31 heavy (non-hydrogen) atoms. The van der Waals surface area contributed by atoms with Gasteiger partial charge in [0.05, 0.1) is 16.4 Å². The van der Waals surface area contributed by atoms with Gasteiger partial charge in [0.2, 0.25) is 12.7 Å². The van der Waals surface area contributed by atoms with Gasteiger partial charge in [0.25, 0.3) is 5.56 Å². The van der Waals surface area contributed by atoms with Crippen LogP contribution >= 0.6 is 0 Å².